The second kappa shape index (κ2) is 4.70. The van der Waals surface area contributed by atoms with E-state index in [1.807, 2.05) is 12.3 Å². The van der Waals surface area contributed by atoms with E-state index in [4.69, 9.17) is 4.74 Å². The monoisotopic (exact) mass is 208 g/mol. The van der Waals surface area contributed by atoms with Gasteiger partial charge in [0.25, 0.3) is 0 Å². The molecule has 0 spiro atoms. The second-order valence-corrected chi connectivity index (χ2v) is 3.89. The van der Waals surface area contributed by atoms with Crippen LogP contribution in [0.2, 0.25) is 0 Å². The van der Waals surface area contributed by atoms with Crippen molar-refractivity contribution in [2.45, 2.75) is 25.6 Å². The van der Waals surface area contributed by atoms with Crippen molar-refractivity contribution in [1.29, 1.82) is 0 Å². The molecule has 2 N–H and O–H groups in total. The summed E-state index contributed by atoms with van der Waals surface area (Å²) in [5.41, 5.74) is 2.38. The first-order valence-electron chi connectivity index (χ1n) is 5.16. The first kappa shape index (κ1) is 10.5. The van der Waals surface area contributed by atoms with E-state index >= 15 is 0 Å². The van der Waals surface area contributed by atoms with Crippen molar-refractivity contribution in [3.8, 4) is 0 Å². The predicted octanol–water partition coefficient (Wildman–Crippen LogP) is 0.239. The highest BCUT2D eigenvalue weighted by molar-refractivity contribution is 5.21. The van der Waals surface area contributed by atoms with Gasteiger partial charge in [-0.1, -0.05) is 0 Å². The van der Waals surface area contributed by atoms with E-state index in [-0.39, 0.29) is 12.1 Å². The molecule has 1 aromatic rings. The highest BCUT2D eigenvalue weighted by Crippen LogP contribution is 2.08. The molecular formula is C11H16N2O2. The zero-order chi connectivity index (χ0) is 10.7. The quantitative estimate of drug-likeness (QED) is 0.747. The molecule has 0 radical (unpaired) electrons. The predicted molar refractivity (Wildman–Crippen MR) is 56.4 cm³/mol. The lowest BCUT2D eigenvalue weighted by Gasteiger charge is -2.15. The molecule has 15 heavy (non-hydrogen) atoms. The molecule has 82 valence electrons. The fourth-order valence-corrected chi connectivity index (χ4v) is 1.66. The van der Waals surface area contributed by atoms with Gasteiger partial charge in [-0.05, 0) is 24.1 Å². The minimum Gasteiger partial charge on any atom is -0.389 e. The molecule has 0 bridgehead atoms. The Bertz CT molecular complexity index is 330. The SMILES string of the molecule is Cc1ccncc1CNC1COCC1O. The van der Waals surface area contributed by atoms with Crippen molar-refractivity contribution in [1.82, 2.24) is 10.3 Å². The van der Waals surface area contributed by atoms with Gasteiger partial charge in [-0.15, -0.1) is 0 Å². The van der Waals surface area contributed by atoms with Crippen LogP contribution in [0.5, 0.6) is 0 Å². The third-order valence-electron chi connectivity index (χ3n) is 2.75. The molecule has 1 fully saturated rings. The van der Waals surface area contributed by atoms with Crippen molar-refractivity contribution < 1.29 is 9.84 Å². The third kappa shape index (κ3) is 2.53. The molecule has 2 unspecified atom stereocenters. The molecule has 0 amide bonds. The Balaban J connectivity index is 1.90. The van der Waals surface area contributed by atoms with Gasteiger partial charge in [-0.2, -0.15) is 0 Å². The maximum atomic E-state index is 9.53. The number of hydrogen-bond acceptors (Lipinski definition) is 4. The standard InChI is InChI=1S/C11H16N2O2/c1-8-2-3-12-4-9(8)5-13-10-6-15-7-11(10)14/h2-4,10-11,13-14H,5-7H2,1H3. The van der Waals surface area contributed by atoms with E-state index in [0.29, 0.717) is 13.2 Å². The molecule has 2 atom stereocenters. The largest absolute Gasteiger partial charge is 0.389 e. The van der Waals surface area contributed by atoms with Gasteiger partial charge in [0.15, 0.2) is 0 Å². The Morgan fingerprint density at radius 2 is 2.47 bits per heavy atom. The minimum absolute atomic E-state index is 0.0459. The number of aliphatic hydroxyl groups is 1. The van der Waals surface area contributed by atoms with Crippen LogP contribution in [0, 0.1) is 6.92 Å². The van der Waals surface area contributed by atoms with E-state index in [9.17, 15) is 5.11 Å². The Hall–Kier alpha value is -0.970. The summed E-state index contributed by atoms with van der Waals surface area (Å²) in [6.45, 7) is 3.80. The highest BCUT2D eigenvalue weighted by atomic mass is 16.5. The maximum Gasteiger partial charge on any atom is 0.0948 e. The summed E-state index contributed by atoms with van der Waals surface area (Å²) in [4.78, 5) is 4.08. The number of rotatable bonds is 3. The summed E-state index contributed by atoms with van der Waals surface area (Å²) in [6.07, 6.45) is 3.25. The summed E-state index contributed by atoms with van der Waals surface area (Å²) in [7, 11) is 0. The average Bonchev–Trinajstić information content (AvgIpc) is 2.63. The van der Waals surface area contributed by atoms with Gasteiger partial charge in [0.05, 0.1) is 25.4 Å². The minimum atomic E-state index is -0.387. The lowest BCUT2D eigenvalue weighted by Crippen LogP contribution is -2.38. The van der Waals surface area contributed by atoms with E-state index in [2.05, 4.69) is 17.2 Å². The lowest BCUT2D eigenvalue weighted by atomic mass is 10.1. The third-order valence-corrected chi connectivity index (χ3v) is 2.75. The van der Waals surface area contributed by atoms with Crippen molar-refractivity contribution >= 4 is 0 Å². The number of nitrogens with zero attached hydrogens (tertiary/aromatic N) is 1. The number of aliphatic hydroxyl groups excluding tert-OH is 1. The highest BCUT2D eigenvalue weighted by Gasteiger charge is 2.25. The summed E-state index contributed by atoms with van der Waals surface area (Å²) in [5, 5.41) is 12.8. The summed E-state index contributed by atoms with van der Waals surface area (Å²) >= 11 is 0. The molecule has 1 aromatic heterocycles. The fraction of sp³-hybridized carbons (Fsp3) is 0.545. The average molecular weight is 208 g/mol. The molecule has 1 aliphatic rings. The Labute approximate surface area is 89.3 Å². The topological polar surface area (TPSA) is 54.4 Å². The van der Waals surface area contributed by atoms with Gasteiger partial charge >= 0.3 is 0 Å². The number of aryl methyl sites for hydroxylation is 1. The van der Waals surface area contributed by atoms with Crippen LogP contribution in [0.25, 0.3) is 0 Å². The van der Waals surface area contributed by atoms with Crippen LogP contribution in [0.3, 0.4) is 0 Å². The van der Waals surface area contributed by atoms with Crippen LogP contribution in [-0.4, -0.2) is 35.5 Å². The van der Waals surface area contributed by atoms with Crippen LogP contribution in [0.4, 0.5) is 0 Å². The summed E-state index contributed by atoms with van der Waals surface area (Å²) < 4.78 is 5.16. The van der Waals surface area contributed by atoms with Crippen LogP contribution in [0.15, 0.2) is 18.5 Å². The Morgan fingerprint density at radius 3 is 3.13 bits per heavy atom. The van der Waals surface area contributed by atoms with Crippen LogP contribution in [0.1, 0.15) is 11.1 Å². The molecular weight excluding hydrogens is 192 g/mol. The van der Waals surface area contributed by atoms with Gasteiger partial charge in [-0.25, -0.2) is 0 Å². The van der Waals surface area contributed by atoms with Crippen molar-refractivity contribution in [2.75, 3.05) is 13.2 Å². The molecule has 4 nitrogen and oxygen atoms in total. The fourth-order valence-electron chi connectivity index (χ4n) is 1.66. The number of hydrogen-bond donors (Lipinski definition) is 2. The van der Waals surface area contributed by atoms with Gasteiger partial charge in [-0.3, -0.25) is 4.98 Å². The van der Waals surface area contributed by atoms with E-state index in [0.717, 1.165) is 12.1 Å². The molecule has 4 heteroatoms. The summed E-state index contributed by atoms with van der Waals surface area (Å²) in [5.74, 6) is 0. The zero-order valence-corrected chi connectivity index (χ0v) is 8.81. The van der Waals surface area contributed by atoms with Gasteiger partial charge in [0.1, 0.15) is 0 Å². The first-order chi connectivity index (χ1) is 7.27. The van der Waals surface area contributed by atoms with Crippen LogP contribution in [-0.2, 0) is 11.3 Å². The lowest BCUT2D eigenvalue weighted by molar-refractivity contribution is 0.122. The molecule has 1 saturated heterocycles. The van der Waals surface area contributed by atoms with Crippen molar-refractivity contribution in [3.05, 3.63) is 29.6 Å². The number of pyridine rings is 1. The molecule has 1 aliphatic heterocycles. The summed E-state index contributed by atoms with van der Waals surface area (Å²) in [6, 6.07) is 2.03. The van der Waals surface area contributed by atoms with E-state index in [1.165, 1.54) is 5.56 Å². The number of aromatic nitrogens is 1. The van der Waals surface area contributed by atoms with E-state index in [1.54, 1.807) is 6.20 Å². The number of nitrogens with one attached hydrogen (secondary N) is 1. The number of ether oxygens (including phenoxy) is 1. The molecule has 0 aromatic carbocycles. The maximum absolute atomic E-state index is 9.53. The normalized spacial score (nSPS) is 25.7. The van der Waals surface area contributed by atoms with Crippen molar-refractivity contribution in [3.63, 3.8) is 0 Å². The second-order valence-electron chi connectivity index (χ2n) is 3.89. The smallest absolute Gasteiger partial charge is 0.0948 e. The van der Waals surface area contributed by atoms with Crippen LogP contribution >= 0.6 is 0 Å². The molecule has 2 heterocycles. The van der Waals surface area contributed by atoms with Gasteiger partial charge < -0.3 is 15.2 Å². The molecule has 2 rings (SSSR count). The van der Waals surface area contributed by atoms with E-state index < -0.39 is 0 Å². The molecule has 0 aliphatic carbocycles. The van der Waals surface area contributed by atoms with Crippen LogP contribution < -0.4 is 5.32 Å². The zero-order valence-electron chi connectivity index (χ0n) is 8.81. The Morgan fingerprint density at radius 1 is 1.60 bits per heavy atom. The van der Waals surface area contributed by atoms with Crippen molar-refractivity contribution in [2.24, 2.45) is 0 Å². The van der Waals surface area contributed by atoms with Gasteiger partial charge in [0.2, 0.25) is 0 Å². The van der Waals surface area contributed by atoms with Gasteiger partial charge in [0, 0.05) is 18.9 Å². The first-order valence-corrected chi connectivity index (χ1v) is 5.16. The molecule has 0 saturated carbocycles. The Kier molecular flexibility index (Phi) is 3.30.